The number of hydrogen-bond acceptors (Lipinski definition) is 3. The van der Waals surface area contributed by atoms with Gasteiger partial charge in [-0.05, 0) is 65.2 Å². The molecule has 40 heavy (non-hydrogen) atoms. The minimum absolute atomic E-state index is 0.424. The molecular formula is C37H25N3. The largest absolute Gasteiger partial charge is 0.311 e. The van der Waals surface area contributed by atoms with Gasteiger partial charge in [0.1, 0.15) is 12.1 Å². The lowest BCUT2D eigenvalue weighted by Crippen LogP contribution is -2.09. The summed E-state index contributed by atoms with van der Waals surface area (Å²) >= 11 is 0. The Morgan fingerprint density at radius 3 is 1.75 bits per heavy atom. The third kappa shape index (κ3) is 4.47. The van der Waals surface area contributed by atoms with E-state index in [1.54, 1.807) is 0 Å². The highest BCUT2D eigenvalue weighted by Gasteiger charge is 2.16. The van der Waals surface area contributed by atoms with Crippen molar-refractivity contribution in [3.05, 3.63) is 149 Å². The molecule has 0 aliphatic rings. The van der Waals surface area contributed by atoms with Crippen LogP contribution in [0.15, 0.2) is 121 Å². The van der Waals surface area contributed by atoms with Crippen molar-refractivity contribution in [2.24, 2.45) is 0 Å². The number of nitriles is 2. The third-order valence-corrected chi connectivity index (χ3v) is 7.22. The summed E-state index contributed by atoms with van der Waals surface area (Å²) in [7, 11) is 0. The fourth-order valence-corrected chi connectivity index (χ4v) is 5.28. The van der Waals surface area contributed by atoms with Gasteiger partial charge in [-0.15, -0.1) is 0 Å². The summed E-state index contributed by atoms with van der Waals surface area (Å²) in [5, 5.41) is 23.3. The average molecular weight is 512 g/mol. The normalized spacial score (nSPS) is 11.0. The van der Waals surface area contributed by atoms with Gasteiger partial charge >= 0.3 is 0 Å². The molecule has 0 N–H and O–H groups in total. The second-order valence-corrected chi connectivity index (χ2v) is 9.72. The molecule has 6 aromatic carbocycles. The van der Waals surface area contributed by atoms with Crippen molar-refractivity contribution in [3.8, 4) is 12.1 Å². The maximum atomic E-state index is 9.93. The van der Waals surface area contributed by atoms with Gasteiger partial charge in [-0.3, -0.25) is 0 Å². The third-order valence-electron chi connectivity index (χ3n) is 7.22. The Morgan fingerprint density at radius 2 is 1.07 bits per heavy atom. The molecule has 0 unspecified atom stereocenters. The number of hydrogen-bond donors (Lipinski definition) is 0. The summed E-state index contributed by atoms with van der Waals surface area (Å²) in [5.74, 6) is 0. The Kier molecular flexibility index (Phi) is 6.55. The molecule has 0 heterocycles. The van der Waals surface area contributed by atoms with Crippen LogP contribution in [0.1, 0.15) is 27.8 Å². The smallest absolute Gasteiger partial charge is 0.101 e. The van der Waals surface area contributed by atoms with Crippen LogP contribution in [0.4, 0.5) is 17.1 Å². The van der Waals surface area contributed by atoms with Crippen molar-refractivity contribution >= 4 is 50.8 Å². The molecule has 0 aromatic heterocycles. The lowest BCUT2D eigenvalue weighted by atomic mass is 9.90. The molecule has 6 aromatic rings. The van der Waals surface area contributed by atoms with E-state index >= 15 is 0 Å². The van der Waals surface area contributed by atoms with Gasteiger partial charge in [0.05, 0.1) is 11.1 Å². The van der Waals surface area contributed by atoms with Gasteiger partial charge in [0.15, 0.2) is 0 Å². The zero-order valence-electron chi connectivity index (χ0n) is 22.0. The SMILES string of the molecule is Cc1ccc(N(c2ccccc2)c2ccc(C=Cc3cccc4c(C#N)c(C#N)c5ccccc5c34)cc2)cc1. The number of para-hydroxylation sites is 1. The Bertz CT molecular complexity index is 1950. The minimum Gasteiger partial charge on any atom is -0.311 e. The van der Waals surface area contributed by atoms with Crippen LogP contribution in [-0.2, 0) is 0 Å². The Balaban J connectivity index is 1.40. The van der Waals surface area contributed by atoms with E-state index in [0.717, 1.165) is 49.7 Å². The maximum absolute atomic E-state index is 9.93. The van der Waals surface area contributed by atoms with Crippen molar-refractivity contribution in [3.63, 3.8) is 0 Å². The zero-order chi connectivity index (χ0) is 27.5. The van der Waals surface area contributed by atoms with Crippen LogP contribution in [0.2, 0.25) is 0 Å². The van der Waals surface area contributed by atoms with Crippen LogP contribution in [0.3, 0.4) is 0 Å². The number of anilines is 3. The highest BCUT2D eigenvalue weighted by Crippen LogP contribution is 2.36. The average Bonchev–Trinajstić information content (AvgIpc) is 3.01. The summed E-state index contributed by atoms with van der Waals surface area (Å²) in [5.41, 5.74) is 7.43. The van der Waals surface area contributed by atoms with Crippen molar-refractivity contribution < 1.29 is 0 Å². The first-order chi connectivity index (χ1) is 19.7. The zero-order valence-corrected chi connectivity index (χ0v) is 22.0. The van der Waals surface area contributed by atoms with Crippen LogP contribution in [0, 0.1) is 29.6 Å². The highest BCUT2D eigenvalue weighted by atomic mass is 15.1. The van der Waals surface area contributed by atoms with Crippen molar-refractivity contribution in [1.29, 1.82) is 10.5 Å². The molecule has 3 heteroatoms. The Labute approximate surface area is 234 Å². The molecule has 3 nitrogen and oxygen atoms in total. The molecule has 188 valence electrons. The highest BCUT2D eigenvalue weighted by molar-refractivity contribution is 6.16. The summed E-state index contributed by atoms with van der Waals surface area (Å²) < 4.78 is 0. The Morgan fingerprint density at radius 1 is 0.525 bits per heavy atom. The van der Waals surface area contributed by atoms with Crippen LogP contribution >= 0.6 is 0 Å². The van der Waals surface area contributed by atoms with Gasteiger partial charge in [-0.25, -0.2) is 0 Å². The molecule has 0 aliphatic heterocycles. The van der Waals surface area contributed by atoms with Crippen LogP contribution < -0.4 is 4.90 Å². The standard InChI is InChI=1S/C37H25N3/c1-26-14-20-30(21-15-26)40(29-9-3-2-4-10-29)31-22-17-27(18-23-31)16-19-28-8-7-13-34-36(25-39)35(24-38)32-11-5-6-12-33(32)37(28)34/h2-23H,1H3. The lowest BCUT2D eigenvalue weighted by Gasteiger charge is -2.25. The molecule has 0 atom stereocenters. The molecule has 0 radical (unpaired) electrons. The number of rotatable bonds is 5. The number of fused-ring (bicyclic) bond motifs is 3. The first kappa shape index (κ1) is 24.7. The minimum atomic E-state index is 0.424. The van der Waals surface area contributed by atoms with Gasteiger partial charge < -0.3 is 4.90 Å². The van der Waals surface area contributed by atoms with Crippen LogP contribution in [-0.4, -0.2) is 0 Å². The Hall–Kier alpha value is -5.64. The van der Waals surface area contributed by atoms with Crippen LogP contribution in [0.25, 0.3) is 33.7 Å². The maximum Gasteiger partial charge on any atom is 0.101 e. The van der Waals surface area contributed by atoms with Gasteiger partial charge in [0, 0.05) is 27.8 Å². The monoisotopic (exact) mass is 511 g/mol. The van der Waals surface area contributed by atoms with E-state index in [2.05, 4.69) is 115 Å². The molecule has 0 spiro atoms. The molecule has 0 fully saturated rings. The summed E-state index contributed by atoms with van der Waals surface area (Å²) in [6.07, 6.45) is 4.18. The summed E-state index contributed by atoms with van der Waals surface area (Å²) in [6.45, 7) is 2.10. The molecule has 6 rings (SSSR count). The first-order valence-electron chi connectivity index (χ1n) is 13.2. The van der Waals surface area contributed by atoms with E-state index in [0.29, 0.717) is 11.1 Å². The van der Waals surface area contributed by atoms with Crippen molar-refractivity contribution in [2.45, 2.75) is 6.92 Å². The fourth-order valence-electron chi connectivity index (χ4n) is 5.28. The lowest BCUT2D eigenvalue weighted by molar-refractivity contribution is 1.27. The van der Waals surface area contributed by atoms with Crippen molar-refractivity contribution in [1.82, 2.24) is 0 Å². The number of nitrogens with zero attached hydrogens (tertiary/aromatic N) is 3. The molecule has 0 bridgehead atoms. The van der Waals surface area contributed by atoms with E-state index in [-0.39, 0.29) is 0 Å². The molecule has 0 saturated heterocycles. The van der Waals surface area contributed by atoms with E-state index < -0.39 is 0 Å². The number of aryl methyl sites for hydroxylation is 1. The summed E-state index contributed by atoms with van der Waals surface area (Å²) in [6, 6.07) is 45.7. The molecular weight excluding hydrogens is 486 g/mol. The van der Waals surface area contributed by atoms with E-state index in [4.69, 9.17) is 0 Å². The van der Waals surface area contributed by atoms with Crippen molar-refractivity contribution in [2.75, 3.05) is 4.90 Å². The van der Waals surface area contributed by atoms with Gasteiger partial charge in [0.2, 0.25) is 0 Å². The quantitative estimate of drug-likeness (QED) is 0.171. The first-order valence-corrected chi connectivity index (χ1v) is 13.2. The molecule has 0 aliphatic carbocycles. The second kappa shape index (κ2) is 10.6. The number of benzene rings is 6. The predicted molar refractivity (Wildman–Crippen MR) is 166 cm³/mol. The van der Waals surface area contributed by atoms with E-state index in [1.807, 2.05) is 42.5 Å². The topological polar surface area (TPSA) is 50.8 Å². The fraction of sp³-hybridized carbons (Fsp3) is 0.0270. The molecule has 0 saturated carbocycles. The van der Waals surface area contributed by atoms with Gasteiger partial charge in [-0.2, -0.15) is 10.5 Å². The summed E-state index contributed by atoms with van der Waals surface area (Å²) in [4.78, 5) is 2.25. The second-order valence-electron chi connectivity index (χ2n) is 9.72. The van der Waals surface area contributed by atoms with Crippen LogP contribution in [0.5, 0.6) is 0 Å². The van der Waals surface area contributed by atoms with E-state index in [9.17, 15) is 10.5 Å². The van der Waals surface area contributed by atoms with Gasteiger partial charge in [0.25, 0.3) is 0 Å². The molecule has 0 amide bonds. The predicted octanol–water partition coefficient (Wildman–Crippen LogP) is 9.68. The van der Waals surface area contributed by atoms with Gasteiger partial charge in [-0.1, -0.05) is 103 Å². The van der Waals surface area contributed by atoms with E-state index in [1.165, 1.54) is 5.56 Å².